The first-order valence-corrected chi connectivity index (χ1v) is 8.54. The van der Waals surface area contributed by atoms with Crippen LogP contribution in [0.2, 0.25) is 0 Å². The Kier molecular flexibility index (Phi) is 11.3. The number of hydrogen-bond acceptors (Lipinski definition) is 2. The second kappa shape index (κ2) is 11.8. The summed E-state index contributed by atoms with van der Waals surface area (Å²) in [7, 11) is 4.19. The molecular formula is C18H36N2O. The lowest BCUT2D eigenvalue weighted by Gasteiger charge is -2.32. The molecule has 0 aromatic heterocycles. The Bertz CT molecular complexity index is 310. The molecule has 0 unspecified atom stereocenters. The predicted molar refractivity (Wildman–Crippen MR) is 92.5 cm³/mol. The van der Waals surface area contributed by atoms with Crippen LogP contribution in [0, 0.1) is 0 Å². The fourth-order valence-electron chi connectivity index (χ4n) is 2.70. The molecule has 0 aliphatic carbocycles. The van der Waals surface area contributed by atoms with Gasteiger partial charge in [-0.25, -0.2) is 0 Å². The van der Waals surface area contributed by atoms with Gasteiger partial charge in [0, 0.05) is 13.0 Å². The van der Waals surface area contributed by atoms with Crippen LogP contribution in [0.4, 0.5) is 0 Å². The number of hydrogen-bond donors (Lipinski definition) is 0. The fourth-order valence-corrected chi connectivity index (χ4v) is 2.70. The predicted octanol–water partition coefficient (Wildman–Crippen LogP) is 4.09. The largest absolute Gasteiger partial charge is 0.336 e. The van der Waals surface area contributed by atoms with Gasteiger partial charge in [-0.1, -0.05) is 31.9 Å². The molecular weight excluding hydrogens is 260 g/mol. The molecule has 124 valence electrons. The van der Waals surface area contributed by atoms with Crippen molar-refractivity contribution in [1.82, 2.24) is 9.80 Å². The molecule has 0 aliphatic rings. The summed E-state index contributed by atoms with van der Waals surface area (Å²) in [5.41, 5.74) is 1.31. The van der Waals surface area contributed by atoms with E-state index in [1.807, 2.05) is 0 Å². The number of nitrogens with zero attached hydrogens (tertiary/aromatic N) is 2. The molecule has 3 nitrogen and oxygen atoms in total. The van der Waals surface area contributed by atoms with Crippen LogP contribution in [0.15, 0.2) is 11.6 Å². The summed E-state index contributed by atoms with van der Waals surface area (Å²) in [6.07, 6.45) is 8.20. The van der Waals surface area contributed by atoms with Crippen molar-refractivity contribution in [2.45, 2.75) is 72.3 Å². The van der Waals surface area contributed by atoms with E-state index < -0.39 is 0 Å². The zero-order valence-corrected chi connectivity index (χ0v) is 15.1. The van der Waals surface area contributed by atoms with Crippen LogP contribution in [0.3, 0.4) is 0 Å². The molecule has 0 aromatic rings. The third-order valence-electron chi connectivity index (χ3n) is 4.02. The van der Waals surface area contributed by atoms with Crippen molar-refractivity contribution in [3.63, 3.8) is 0 Å². The fraction of sp³-hybridized carbons (Fsp3) is 0.833. The first-order valence-electron chi connectivity index (χ1n) is 8.54. The van der Waals surface area contributed by atoms with Crippen LogP contribution in [0.1, 0.15) is 66.2 Å². The maximum absolute atomic E-state index is 12.5. The summed E-state index contributed by atoms with van der Waals surface area (Å²) in [4.78, 5) is 16.8. The van der Waals surface area contributed by atoms with Crippen LogP contribution < -0.4 is 0 Å². The molecule has 0 heterocycles. The quantitative estimate of drug-likeness (QED) is 0.423. The molecule has 0 radical (unpaired) electrons. The summed E-state index contributed by atoms with van der Waals surface area (Å²) >= 11 is 0. The van der Waals surface area contributed by atoms with Crippen LogP contribution >= 0.6 is 0 Å². The van der Waals surface area contributed by atoms with E-state index in [2.05, 4.69) is 57.7 Å². The molecule has 1 amide bonds. The molecule has 0 saturated carbocycles. The third-order valence-corrected chi connectivity index (χ3v) is 4.02. The van der Waals surface area contributed by atoms with E-state index in [0.29, 0.717) is 12.3 Å². The summed E-state index contributed by atoms with van der Waals surface area (Å²) in [5.74, 6) is 0.328. The molecule has 21 heavy (non-hydrogen) atoms. The van der Waals surface area contributed by atoms with Crippen molar-refractivity contribution in [3.8, 4) is 0 Å². The Balaban J connectivity index is 4.41. The van der Waals surface area contributed by atoms with Crippen molar-refractivity contribution in [2.75, 3.05) is 27.2 Å². The zero-order valence-electron chi connectivity index (χ0n) is 15.1. The van der Waals surface area contributed by atoms with E-state index in [4.69, 9.17) is 0 Å². The van der Waals surface area contributed by atoms with Crippen molar-refractivity contribution < 1.29 is 4.79 Å². The number of carbonyl (C=O) groups excluding carboxylic acids is 1. The van der Waals surface area contributed by atoms with E-state index in [9.17, 15) is 4.79 Å². The van der Waals surface area contributed by atoms with Gasteiger partial charge in [-0.15, -0.1) is 0 Å². The number of allylic oxidation sites excluding steroid dienone is 1. The van der Waals surface area contributed by atoms with Gasteiger partial charge in [0.25, 0.3) is 0 Å². The van der Waals surface area contributed by atoms with E-state index in [1.54, 1.807) is 0 Å². The van der Waals surface area contributed by atoms with Gasteiger partial charge < -0.3 is 9.80 Å². The molecule has 0 aliphatic heterocycles. The second-order valence-corrected chi connectivity index (χ2v) is 6.16. The topological polar surface area (TPSA) is 23.6 Å². The molecule has 3 heteroatoms. The highest BCUT2D eigenvalue weighted by Crippen LogP contribution is 2.17. The summed E-state index contributed by atoms with van der Waals surface area (Å²) < 4.78 is 0. The highest BCUT2D eigenvalue weighted by molar-refractivity contribution is 5.76. The van der Waals surface area contributed by atoms with E-state index in [1.165, 1.54) is 12.0 Å². The van der Waals surface area contributed by atoms with Gasteiger partial charge in [-0.05, 0) is 60.2 Å². The minimum atomic E-state index is 0.282. The first kappa shape index (κ1) is 20.2. The van der Waals surface area contributed by atoms with E-state index in [0.717, 1.165) is 38.8 Å². The Morgan fingerprint density at radius 2 is 1.76 bits per heavy atom. The Morgan fingerprint density at radius 1 is 1.10 bits per heavy atom. The molecule has 1 atom stereocenters. The van der Waals surface area contributed by atoms with Crippen molar-refractivity contribution >= 4 is 5.91 Å². The van der Waals surface area contributed by atoms with Gasteiger partial charge in [0.15, 0.2) is 0 Å². The molecule has 0 N–H and O–H groups in total. The minimum Gasteiger partial charge on any atom is -0.336 e. The van der Waals surface area contributed by atoms with Gasteiger partial charge in [-0.2, -0.15) is 0 Å². The third kappa shape index (κ3) is 8.25. The van der Waals surface area contributed by atoms with Gasteiger partial charge in [0.1, 0.15) is 0 Å². The highest BCUT2D eigenvalue weighted by atomic mass is 16.2. The van der Waals surface area contributed by atoms with E-state index in [-0.39, 0.29) is 6.04 Å². The minimum absolute atomic E-state index is 0.282. The normalized spacial score (nSPS) is 13.6. The lowest BCUT2D eigenvalue weighted by atomic mass is 10.0. The van der Waals surface area contributed by atoms with Crippen molar-refractivity contribution in [2.24, 2.45) is 0 Å². The van der Waals surface area contributed by atoms with Crippen LogP contribution in [0.25, 0.3) is 0 Å². The van der Waals surface area contributed by atoms with Crippen LogP contribution in [-0.4, -0.2) is 48.9 Å². The van der Waals surface area contributed by atoms with Gasteiger partial charge >= 0.3 is 0 Å². The van der Waals surface area contributed by atoms with Crippen molar-refractivity contribution in [3.05, 3.63) is 11.6 Å². The summed E-state index contributed by atoms with van der Waals surface area (Å²) in [6, 6.07) is 0.282. The number of rotatable bonds is 11. The number of amides is 1. The van der Waals surface area contributed by atoms with Gasteiger partial charge in [0.05, 0.1) is 6.04 Å². The Morgan fingerprint density at radius 3 is 2.24 bits per heavy atom. The zero-order chi connectivity index (χ0) is 16.3. The molecule has 0 rings (SSSR count). The highest BCUT2D eigenvalue weighted by Gasteiger charge is 2.21. The Labute approximate surface area is 132 Å². The van der Waals surface area contributed by atoms with Gasteiger partial charge in [-0.3, -0.25) is 4.79 Å². The first-order chi connectivity index (χ1) is 9.97. The smallest absolute Gasteiger partial charge is 0.223 e. The van der Waals surface area contributed by atoms with E-state index >= 15 is 0 Å². The standard InChI is InChI=1S/C18H36N2O/c1-7-14-20(17(9-3)16(4)8-2)18(21)13-11-10-12-15-19(5)6/h8,17H,7,9-15H2,1-6H3/b16-8+/t17-/m0/s1. The summed E-state index contributed by atoms with van der Waals surface area (Å²) in [5, 5.41) is 0. The molecule has 0 aromatic carbocycles. The summed E-state index contributed by atoms with van der Waals surface area (Å²) in [6.45, 7) is 10.5. The maximum atomic E-state index is 12.5. The number of unbranched alkanes of at least 4 members (excludes halogenated alkanes) is 2. The molecule has 0 bridgehead atoms. The lowest BCUT2D eigenvalue weighted by molar-refractivity contribution is -0.133. The number of carbonyl (C=O) groups is 1. The molecule has 0 fully saturated rings. The van der Waals surface area contributed by atoms with Gasteiger partial charge in [0.2, 0.25) is 5.91 Å². The SMILES string of the molecule is C/C=C(\C)[C@H](CC)N(CCC)C(=O)CCCCCN(C)C. The lowest BCUT2D eigenvalue weighted by Crippen LogP contribution is -2.41. The molecule has 0 saturated heterocycles. The average molecular weight is 296 g/mol. The average Bonchev–Trinajstić information content (AvgIpc) is 2.45. The second-order valence-electron chi connectivity index (χ2n) is 6.16. The van der Waals surface area contributed by atoms with Crippen LogP contribution in [0.5, 0.6) is 0 Å². The van der Waals surface area contributed by atoms with Crippen molar-refractivity contribution in [1.29, 1.82) is 0 Å². The Hall–Kier alpha value is -0.830. The van der Waals surface area contributed by atoms with Crippen LogP contribution in [-0.2, 0) is 4.79 Å². The monoisotopic (exact) mass is 296 g/mol. The molecule has 0 spiro atoms. The maximum Gasteiger partial charge on any atom is 0.223 e.